The largest absolute Gasteiger partial charge is 0.496 e. The molecule has 3 aromatic rings. The van der Waals surface area contributed by atoms with Crippen LogP contribution < -0.4 is 25.5 Å². The van der Waals surface area contributed by atoms with E-state index >= 15 is 0 Å². The Morgan fingerprint density at radius 2 is 1.74 bits per heavy atom. The van der Waals surface area contributed by atoms with Gasteiger partial charge in [-0.1, -0.05) is 56.2 Å². The molecule has 58 heavy (non-hydrogen) atoms. The summed E-state index contributed by atoms with van der Waals surface area (Å²) in [6.07, 6.45) is 8.03. The normalized spacial score (nSPS) is 18.6. The minimum atomic E-state index is -3.82. The lowest BCUT2D eigenvalue weighted by atomic mass is 9.96. The Balaban J connectivity index is 1.02. The molecule has 0 spiro atoms. The molecule has 312 valence electrons. The predicted octanol–water partition coefficient (Wildman–Crippen LogP) is 5.11. The number of rotatable bonds is 18. The van der Waals surface area contributed by atoms with Crippen molar-refractivity contribution >= 4 is 44.7 Å². The molecule has 2 aliphatic carbocycles. The van der Waals surface area contributed by atoms with E-state index in [1.54, 1.807) is 13.2 Å². The van der Waals surface area contributed by atoms with Crippen LogP contribution in [0.3, 0.4) is 0 Å². The molecule has 3 aliphatic rings. The number of carbonyl (C=O) groups excluding carboxylic acids is 4. The number of aromatic amines is 1. The van der Waals surface area contributed by atoms with E-state index in [4.69, 9.17) is 9.47 Å². The van der Waals surface area contributed by atoms with Gasteiger partial charge < -0.3 is 30.0 Å². The average Bonchev–Trinajstić information content (AvgIpc) is 3.73. The van der Waals surface area contributed by atoms with Gasteiger partial charge in [0.05, 0.1) is 24.5 Å². The summed E-state index contributed by atoms with van der Waals surface area (Å²) in [6, 6.07) is 12.1. The van der Waals surface area contributed by atoms with E-state index in [0.29, 0.717) is 55.3 Å². The molecule has 2 saturated carbocycles. The lowest BCUT2D eigenvalue weighted by Gasteiger charge is -2.32. The number of benzene rings is 2. The SMILES string of the molecule is C=CCC(NC(=O)[C@@H]1CCCN1C(=O)[C@@H](NC(=O)OCC(C)CCCc1cc2c(=O)cc(-c3ccccc3)[nH]c2cc1OC)C1CCCC1)C(=O)NS(=O)(=O)C1CC1. The summed E-state index contributed by atoms with van der Waals surface area (Å²) in [6.45, 7) is 6.05. The summed E-state index contributed by atoms with van der Waals surface area (Å²) < 4.78 is 38.2. The monoisotopic (exact) mass is 817 g/mol. The number of pyridine rings is 1. The van der Waals surface area contributed by atoms with Gasteiger partial charge in [-0.3, -0.25) is 23.9 Å². The molecular formula is C43H55N5O9S. The van der Waals surface area contributed by atoms with E-state index in [9.17, 15) is 32.4 Å². The highest BCUT2D eigenvalue weighted by Gasteiger charge is 2.43. The standard InChI is InChI=1S/C43H55N5O9S/c1-4-12-33(40(50)47-58(54,55)31-20-21-31)45-41(51)36-19-11-22-48(36)42(52)39(29-16-8-9-17-29)46-43(53)57-26-27(2)13-10-18-30-23-32-35(25-38(30)56-3)44-34(24-37(32)49)28-14-6-5-7-15-28/h4-7,14-15,23-25,27,29,31,33,36,39H,1,8-13,16-22,26H2,2-3H3,(H,44,49)(H,45,51)(H,46,53)(H,47,50)/t27?,33?,36-,39-/m0/s1. The maximum atomic E-state index is 14.1. The number of ether oxygens (including phenoxy) is 2. The lowest BCUT2D eigenvalue weighted by molar-refractivity contribution is -0.141. The number of sulfonamides is 1. The van der Waals surface area contributed by atoms with Crippen molar-refractivity contribution < 1.29 is 37.1 Å². The number of hydrogen-bond donors (Lipinski definition) is 4. The number of alkyl carbamates (subject to hydrolysis) is 1. The van der Waals surface area contributed by atoms with Crippen molar-refractivity contribution in [3.8, 4) is 17.0 Å². The van der Waals surface area contributed by atoms with Crippen molar-refractivity contribution in [3.05, 3.63) is 77.0 Å². The maximum Gasteiger partial charge on any atom is 0.407 e. The number of nitrogens with one attached hydrogen (secondary N) is 4. The van der Waals surface area contributed by atoms with Gasteiger partial charge in [0.2, 0.25) is 21.8 Å². The fourth-order valence-corrected chi connectivity index (χ4v) is 9.43. The van der Waals surface area contributed by atoms with Crippen LogP contribution in [0.4, 0.5) is 4.79 Å². The number of likely N-dealkylation sites (tertiary alicyclic amines) is 1. The molecule has 1 aliphatic heterocycles. The van der Waals surface area contributed by atoms with Crippen molar-refractivity contribution in [1.82, 2.24) is 25.2 Å². The van der Waals surface area contributed by atoms with Gasteiger partial charge >= 0.3 is 6.09 Å². The molecule has 3 fully saturated rings. The average molecular weight is 818 g/mol. The van der Waals surface area contributed by atoms with Crippen LogP contribution in [0.1, 0.15) is 83.1 Å². The summed E-state index contributed by atoms with van der Waals surface area (Å²) in [4.78, 5) is 71.7. The van der Waals surface area contributed by atoms with Crippen molar-refractivity contribution in [2.45, 2.75) is 107 Å². The number of amides is 4. The Kier molecular flexibility index (Phi) is 13.9. The van der Waals surface area contributed by atoms with Crippen LogP contribution >= 0.6 is 0 Å². The number of methoxy groups -OCH3 is 1. The molecule has 1 saturated heterocycles. The smallest absolute Gasteiger partial charge is 0.407 e. The lowest BCUT2D eigenvalue weighted by Crippen LogP contribution is -2.57. The molecule has 4 amide bonds. The first-order valence-electron chi connectivity index (χ1n) is 20.4. The molecule has 4 N–H and O–H groups in total. The van der Waals surface area contributed by atoms with Gasteiger partial charge in [-0.25, -0.2) is 13.2 Å². The molecule has 2 aromatic carbocycles. The second-order valence-corrected chi connectivity index (χ2v) is 17.8. The Morgan fingerprint density at radius 1 is 1.00 bits per heavy atom. The van der Waals surface area contributed by atoms with Crippen molar-refractivity contribution in [2.24, 2.45) is 11.8 Å². The zero-order valence-corrected chi connectivity index (χ0v) is 34.1. The van der Waals surface area contributed by atoms with Gasteiger partial charge in [0.1, 0.15) is 23.9 Å². The zero-order chi connectivity index (χ0) is 41.4. The van der Waals surface area contributed by atoms with E-state index < -0.39 is 51.3 Å². The first kappa shape index (κ1) is 42.4. The van der Waals surface area contributed by atoms with Crippen LogP contribution in [0.5, 0.6) is 5.75 Å². The fraction of sp³-hybridized carbons (Fsp3) is 0.512. The fourth-order valence-electron chi connectivity index (χ4n) is 8.08. The second kappa shape index (κ2) is 19.0. The van der Waals surface area contributed by atoms with E-state index in [1.807, 2.05) is 49.4 Å². The van der Waals surface area contributed by atoms with Crippen LogP contribution in [-0.4, -0.2) is 85.8 Å². The van der Waals surface area contributed by atoms with Crippen LogP contribution in [0, 0.1) is 11.8 Å². The van der Waals surface area contributed by atoms with Gasteiger partial charge in [0, 0.05) is 29.8 Å². The molecular weight excluding hydrogens is 763 g/mol. The predicted molar refractivity (Wildman–Crippen MR) is 220 cm³/mol. The minimum Gasteiger partial charge on any atom is -0.496 e. The van der Waals surface area contributed by atoms with E-state index in [-0.39, 0.29) is 36.2 Å². The van der Waals surface area contributed by atoms with Gasteiger partial charge in [-0.05, 0) is 93.2 Å². The number of H-pyrrole nitrogens is 1. The Morgan fingerprint density at radius 3 is 2.43 bits per heavy atom. The molecule has 2 heterocycles. The maximum absolute atomic E-state index is 14.1. The van der Waals surface area contributed by atoms with Crippen molar-refractivity contribution in [3.63, 3.8) is 0 Å². The Bertz CT molecular complexity index is 2150. The molecule has 6 rings (SSSR count). The molecule has 1 aromatic heterocycles. The quantitative estimate of drug-likeness (QED) is 0.126. The Labute approximate surface area is 339 Å². The van der Waals surface area contributed by atoms with Crippen LogP contribution in [0.25, 0.3) is 22.2 Å². The third-order valence-electron chi connectivity index (χ3n) is 11.4. The van der Waals surface area contributed by atoms with Crippen LogP contribution in [0.2, 0.25) is 0 Å². The number of carbonyl (C=O) groups is 4. The highest BCUT2D eigenvalue weighted by atomic mass is 32.2. The summed E-state index contributed by atoms with van der Waals surface area (Å²) in [5, 5.41) is 5.45. The molecule has 2 unspecified atom stereocenters. The molecule has 15 heteroatoms. The topological polar surface area (TPSA) is 193 Å². The van der Waals surface area contributed by atoms with Gasteiger partial charge in [-0.2, -0.15) is 0 Å². The number of aromatic nitrogens is 1. The van der Waals surface area contributed by atoms with Gasteiger partial charge in [-0.15, -0.1) is 6.58 Å². The number of hydrogen-bond acceptors (Lipinski definition) is 9. The van der Waals surface area contributed by atoms with Gasteiger partial charge in [0.15, 0.2) is 5.43 Å². The molecule has 14 nitrogen and oxygen atoms in total. The summed E-state index contributed by atoms with van der Waals surface area (Å²) >= 11 is 0. The zero-order valence-electron chi connectivity index (χ0n) is 33.3. The van der Waals surface area contributed by atoms with Crippen LogP contribution in [0.15, 0.2) is 66.0 Å². The highest BCUT2D eigenvalue weighted by molar-refractivity contribution is 7.90. The van der Waals surface area contributed by atoms with Crippen molar-refractivity contribution in [1.29, 1.82) is 0 Å². The number of aryl methyl sites for hydroxylation is 1. The third-order valence-corrected chi connectivity index (χ3v) is 13.3. The molecule has 0 radical (unpaired) electrons. The summed E-state index contributed by atoms with van der Waals surface area (Å²) in [5.74, 6) is -1.23. The Hall–Kier alpha value is -5.18. The first-order chi connectivity index (χ1) is 27.9. The van der Waals surface area contributed by atoms with E-state index in [1.165, 1.54) is 11.0 Å². The highest BCUT2D eigenvalue weighted by Crippen LogP contribution is 2.32. The number of fused-ring (bicyclic) bond motifs is 1. The second-order valence-electron chi connectivity index (χ2n) is 15.9. The summed E-state index contributed by atoms with van der Waals surface area (Å²) in [5.41, 5.74) is 3.17. The van der Waals surface area contributed by atoms with Crippen LogP contribution in [-0.2, 0) is 35.6 Å². The number of nitrogens with zero attached hydrogens (tertiary/aromatic N) is 1. The molecule has 0 bridgehead atoms. The van der Waals surface area contributed by atoms with Gasteiger partial charge in [0.25, 0.3) is 5.91 Å². The van der Waals surface area contributed by atoms with E-state index in [2.05, 4.69) is 26.9 Å². The minimum absolute atomic E-state index is 0.00120. The van der Waals surface area contributed by atoms with E-state index in [0.717, 1.165) is 55.3 Å². The van der Waals surface area contributed by atoms with Crippen molar-refractivity contribution in [2.75, 3.05) is 20.3 Å². The molecule has 4 atom stereocenters. The third kappa shape index (κ3) is 10.5. The first-order valence-corrected chi connectivity index (χ1v) is 21.9. The summed E-state index contributed by atoms with van der Waals surface area (Å²) in [7, 11) is -2.22.